The molecule has 0 spiro atoms. The van der Waals surface area contributed by atoms with Crippen molar-refractivity contribution in [2.45, 2.75) is 19.8 Å². The van der Waals surface area contributed by atoms with Crippen molar-refractivity contribution in [3.05, 3.63) is 59.7 Å². The quantitative estimate of drug-likeness (QED) is 0.750. The molecule has 2 aromatic rings. The number of ketones is 1. The molecule has 28 heavy (non-hydrogen) atoms. The third kappa shape index (κ3) is 4.76. The maximum atomic E-state index is 12.6. The minimum atomic E-state index is -0.390. The number of amides is 2. The first-order valence-corrected chi connectivity index (χ1v) is 9.29. The number of nitrogens with one attached hydrogen (secondary N) is 1. The highest BCUT2D eigenvalue weighted by Crippen LogP contribution is 2.21. The molecule has 1 aliphatic rings. The van der Waals surface area contributed by atoms with E-state index in [-0.39, 0.29) is 24.0 Å². The summed E-state index contributed by atoms with van der Waals surface area (Å²) in [6, 6.07) is 14.6. The van der Waals surface area contributed by atoms with Gasteiger partial charge in [0.25, 0.3) is 0 Å². The second-order valence-electron chi connectivity index (χ2n) is 6.97. The number of rotatable bonds is 7. The number of anilines is 1. The lowest BCUT2D eigenvalue weighted by Crippen LogP contribution is -2.30. The number of carbonyl (C=O) groups is 3. The maximum Gasteiger partial charge on any atom is 0.229 e. The Morgan fingerprint density at radius 2 is 1.96 bits per heavy atom. The number of ether oxygens (including phenoxy) is 1. The first-order chi connectivity index (χ1) is 13.5. The van der Waals surface area contributed by atoms with Crippen LogP contribution in [0, 0.1) is 5.92 Å². The van der Waals surface area contributed by atoms with Gasteiger partial charge in [-0.1, -0.05) is 24.3 Å². The van der Waals surface area contributed by atoms with Gasteiger partial charge in [0.1, 0.15) is 5.75 Å². The van der Waals surface area contributed by atoms with Crippen molar-refractivity contribution in [2.24, 2.45) is 5.92 Å². The minimum absolute atomic E-state index is 0.0134. The first kappa shape index (κ1) is 19.6. The largest absolute Gasteiger partial charge is 0.497 e. The van der Waals surface area contributed by atoms with Gasteiger partial charge in [-0.3, -0.25) is 14.4 Å². The van der Waals surface area contributed by atoms with Crippen molar-refractivity contribution in [3.8, 4) is 5.75 Å². The van der Waals surface area contributed by atoms with Crippen molar-refractivity contribution >= 4 is 23.3 Å². The Balaban J connectivity index is 1.56. The van der Waals surface area contributed by atoms with Gasteiger partial charge in [-0.15, -0.1) is 0 Å². The molecule has 2 aromatic carbocycles. The van der Waals surface area contributed by atoms with Gasteiger partial charge in [-0.25, -0.2) is 0 Å². The van der Waals surface area contributed by atoms with Gasteiger partial charge < -0.3 is 15.0 Å². The molecule has 1 fully saturated rings. The Labute approximate surface area is 164 Å². The van der Waals surface area contributed by atoms with Gasteiger partial charge in [0.05, 0.1) is 13.0 Å². The van der Waals surface area contributed by atoms with Crippen molar-refractivity contribution < 1.29 is 19.1 Å². The lowest BCUT2D eigenvalue weighted by Gasteiger charge is -2.17. The van der Waals surface area contributed by atoms with E-state index in [4.69, 9.17) is 4.74 Å². The van der Waals surface area contributed by atoms with E-state index < -0.39 is 5.92 Å². The second-order valence-corrected chi connectivity index (χ2v) is 6.97. The van der Waals surface area contributed by atoms with Crippen LogP contribution in [0.1, 0.15) is 29.3 Å². The van der Waals surface area contributed by atoms with Crippen LogP contribution in [0.2, 0.25) is 0 Å². The summed E-state index contributed by atoms with van der Waals surface area (Å²) in [6.07, 6.45) is 0.911. The van der Waals surface area contributed by atoms with Crippen molar-refractivity contribution in [3.63, 3.8) is 0 Å². The summed E-state index contributed by atoms with van der Waals surface area (Å²) in [7, 11) is 1.62. The van der Waals surface area contributed by atoms with E-state index in [1.165, 1.54) is 6.92 Å². The number of carbonyl (C=O) groups excluding carboxylic acids is 3. The third-order valence-electron chi connectivity index (χ3n) is 4.93. The average Bonchev–Trinajstić information content (AvgIpc) is 3.07. The van der Waals surface area contributed by atoms with Crippen LogP contribution in [0.3, 0.4) is 0 Å². The Bertz CT molecular complexity index is 894. The monoisotopic (exact) mass is 380 g/mol. The fourth-order valence-electron chi connectivity index (χ4n) is 3.32. The standard InChI is InChI=1S/C22H24N2O4/c1-15(25)17-6-4-7-19(12-17)23-22(27)18-13-21(26)24(14-18)10-9-16-5-3-8-20(11-16)28-2/h3-8,11-12,18H,9-10,13-14H2,1-2H3,(H,23,27). The molecular formula is C22H24N2O4. The number of Topliss-reactive ketones (excluding diaryl/α,β-unsaturated/α-hetero) is 1. The molecule has 0 saturated carbocycles. The van der Waals surface area contributed by atoms with Crippen LogP contribution in [0.25, 0.3) is 0 Å². The van der Waals surface area contributed by atoms with Gasteiger partial charge in [0.15, 0.2) is 5.78 Å². The molecule has 0 aromatic heterocycles. The molecule has 6 heteroatoms. The van der Waals surface area contributed by atoms with Crippen LogP contribution in [0.5, 0.6) is 5.75 Å². The molecule has 6 nitrogen and oxygen atoms in total. The zero-order valence-corrected chi connectivity index (χ0v) is 16.1. The molecule has 1 saturated heterocycles. The molecular weight excluding hydrogens is 356 g/mol. The highest BCUT2D eigenvalue weighted by Gasteiger charge is 2.34. The van der Waals surface area contributed by atoms with Crippen LogP contribution in [-0.4, -0.2) is 42.7 Å². The van der Waals surface area contributed by atoms with Crippen molar-refractivity contribution in [2.75, 3.05) is 25.5 Å². The van der Waals surface area contributed by atoms with Crippen LogP contribution in [0.4, 0.5) is 5.69 Å². The van der Waals surface area contributed by atoms with Gasteiger partial charge in [0, 0.05) is 30.8 Å². The first-order valence-electron chi connectivity index (χ1n) is 9.29. The van der Waals surface area contributed by atoms with Gasteiger partial charge >= 0.3 is 0 Å². The lowest BCUT2D eigenvalue weighted by atomic mass is 10.1. The van der Waals surface area contributed by atoms with Crippen molar-refractivity contribution in [1.82, 2.24) is 4.90 Å². The highest BCUT2D eigenvalue weighted by molar-refractivity contribution is 5.99. The van der Waals surface area contributed by atoms with Crippen LogP contribution >= 0.6 is 0 Å². The number of benzene rings is 2. The third-order valence-corrected chi connectivity index (χ3v) is 4.93. The van der Waals surface area contributed by atoms with E-state index in [0.717, 1.165) is 11.3 Å². The minimum Gasteiger partial charge on any atom is -0.497 e. The molecule has 2 amide bonds. The van der Waals surface area contributed by atoms with E-state index in [1.54, 1.807) is 36.3 Å². The Hall–Kier alpha value is -3.15. The predicted molar refractivity (Wildman–Crippen MR) is 106 cm³/mol. The molecule has 1 N–H and O–H groups in total. The molecule has 1 aliphatic heterocycles. The highest BCUT2D eigenvalue weighted by atomic mass is 16.5. The zero-order valence-electron chi connectivity index (χ0n) is 16.1. The summed E-state index contributed by atoms with van der Waals surface area (Å²) >= 11 is 0. The summed E-state index contributed by atoms with van der Waals surface area (Å²) in [5.41, 5.74) is 2.20. The summed E-state index contributed by atoms with van der Waals surface area (Å²) in [6.45, 7) is 2.45. The summed E-state index contributed by atoms with van der Waals surface area (Å²) in [5.74, 6) is 0.128. The molecule has 0 aliphatic carbocycles. The fourth-order valence-corrected chi connectivity index (χ4v) is 3.32. The van der Waals surface area contributed by atoms with E-state index in [0.29, 0.717) is 30.8 Å². The van der Waals surface area contributed by atoms with E-state index >= 15 is 0 Å². The van der Waals surface area contributed by atoms with Gasteiger partial charge in [-0.2, -0.15) is 0 Å². The fraction of sp³-hybridized carbons (Fsp3) is 0.318. The maximum absolute atomic E-state index is 12.6. The second kappa shape index (κ2) is 8.69. The molecule has 0 bridgehead atoms. The molecule has 1 atom stereocenters. The Kier molecular flexibility index (Phi) is 6.09. The molecule has 1 heterocycles. The number of likely N-dealkylation sites (tertiary alicyclic amines) is 1. The summed E-state index contributed by atoms with van der Waals surface area (Å²) in [4.78, 5) is 38.1. The topological polar surface area (TPSA) is 75.7 Å². The number of methoxy groups -OCH3 is 1. The molecule has 0 radical (unpaired) electrons. The van der Waals surface area contributed by atoms with Crippen LogP contribution in [0.15, 0.2) is 48.5 Å². The Morgan fingerprint density at radius 3 is 2.71 bits per heavy atom. The Morgan fingerprint density at radius 1 is 1.18 bits per heavy atom. The smallest absolute Gasteiger partial charge is 0.229 e. The lowest BCUT2D eigenvalue weighted by molar-refractivity contribution is -0.128. The zero-order chi connectivity index (χ0) is 20.1. The summed E-state index contributed by atoms with van der Waals surface area (Å²) in [5, 5.41) is 2.82. The molecule has 146 valence electrons. The van der Waals surface area contributed by atoms with E-state index in [9.17, 15) is 14.4 Å². The van der Waals surface area contributed by atoms with Gasteiger partial charge in [-0.05, 0) is 43.2 Å². The number of hydrogen-bond donors (Lipinski definition) is 1. The SMILES string of the molecule is COc1cccc(CCN2CC(C(=O)Nc3cccc(C(C)=O)c3)CC2=O)c1. The van der Waals surface area contributed by atoms with Crippen LogP contribution in [-0.2, 0) is 16.0 Å². The van der Waals surface area contributed by atoms with Gasteiger partial charge in [0.2, 0.25) is 11.8 Å². The molecule has 1 unspecified atom stereocenters. The summed E-state index contributed by atoms with van der Waals surface area (Å²) < 4.78 is 5.22. The van der Waals surface area contributed by atoms with Crippen molar-refractivity contribution in [1.29, 1.82) is 0 Å². The average molecular weight is 380 g/mol. The van der Waals surface area contributed by atoms with E-state index in [1.807, 2.05) is 24.3 Å². The van der Waals surface area contributed by atoms with E-state index in [2.05, 4.69) is 5.32 Å². The predicted octanol–water partition coefficient (Wildman–Crippen LogP) is 2.93. The van der Waals surface area contributed by atoms with Crippen LogP contribution < -0.4 is 10.1 Å². The number of hydrogen-bond acceptors (Lipinski definition) is 4. The normalized spacial score (nSPS) is 16.1. The molecule has 3 rings (SSSR count). The number of nitrogens with zero attached hydrogens (tertiary/aromatic N) is 1.